The Labute approximate surface area is 216 Å². The van der Waals surface area contributed by atoms with Crippen LogP contribution in [0.4, 0.5) is 21.6 Å². The number of benzene rings is 1. The highest BCUT2D eigenvalue weighted by atomic mass is 19.1. The van der Waals surface area contributed by atoms with Crippen LogP contribution in [0, 0.1) is 0 Å². The van der Waals surface area contributed by atoms with Gasteiger partial charge in [-0.25, -0.2) is 19.3 Å². The van der Waals surface area contributed by atoms with Crippen molar-refractivity contribution in [2.45, 2.75) is 25.6 Å². The zero-order chi connectivity index (χ0) is 26.8. The Bertz CT molecular complexity index is 1510. The molecule has 5 rings (SSSR count). The van der Waals surface area contributed by atoms with Crippen LogP contribution in [0.5, 0.6) is 5.75 Å². The first kappa shape index (κ1) is 25.0. The summed E-state index contributed by atoms with van der Waals surface area (Å²) in [5, 5.41) is 15.7. The zero-order valence-corrected chi connectivity index (χ0v) is 20.3. The van der Waals surface area contributed by atoms with Crippen molar-refractivity contribution in [3.63, 3.8) is 0 Å². The topological polar surface area (TPSA) is 142 Å². The number of likely N-dealkylation sites (tertiary alicyclic amines) is 1. The maximum Gasteiger partial charge on any atom is 0.245 e. The molecule has 12 heteroatoms. The summed E-state index contributed by atoms with van der Waals surface area (Å²) in [5.74, 6) is -0.977. The first-order valence-electron chi connectivity index (χ1n) is 11.8. The Morgan fingerprint density at radius 3 is 2.61 bits per heavy atom. The van der Waals surface area contributed by atoms with E-state index in [1.54, 1.807) is 30.6 Å². The van der Waals surface area contributed by atoms with E-state index in [-0.39, 0.29) is 36.9 Å². The normalized spacial score (nSPS) is 17.4. The molecule has 1 fully saturated rings. The van der Waals surface area contributed by atoms with E-state index < -0.39 is 24.0 Å². The van der Waals surface area contributed by atoms with Gasteiger partial charge in [0.1, 0.15) is 24.1 Å². The van der Waals surface area contributed by atoms with E-state index in [1.165, 1.54) is 47.2 Å². The standard InChI is InChI=1S/C26H24FN7O4/c1-15(35)21-12-34(22-4-2-17(7-20(21)22)31-18-8-28-14-29-9-18)25(37)13-33-11-16(27)6-23(33)26(38)32-24-5-3-19(36)10-30-24/h2-5,7-10,12,14,16,23,31,36H,6,11,13H2,1H3,(H,30,32,38)/t16-,23+/m1/s1. The van der Waals surface area contributed by atoms with Gasteiger partial charge in [0.25, 0.3) is 0 Å². The molecule has 0 unspecified atom stereocenters. The average molecular weight is 518 g/mol. The molecule has 4 aromatic rings. The van der Waals surface area contributed by atoms with Gasteiger partial charge in [-0.05, 0) is 37.3 Å². The minimum atomic E-state index is -1.28. The molecular weight excluding hydrogens is 493 g/mol. The second-order valence-corrected chi connectivity index (χ2v) is 9.02. The van der Waals surface area contributed by atoms with Gasteiger partial charge in [0.2, 0.25) is 11.8 Å². The molecule has 4 heterocycles. The molecule has 0 saturated carbocycles. The molecule has 3 aromatic heterocycles. The highest BCUT2D eigenvalue weighted by Crippen LogP contribution is 2.28. The van der Waals surface area contributed by atoms with Gasteiger partial charge in [-0.2, -0.15) is 0 Å². The predicted octanol–water partition coefficient (Wildman–Crippen LogP) is 3.17. The lowest BCUT2D eigenvalue weighted by molar-refractivity contribution is -0.120. The fourth-order valence-electron chi connectivity index (χ4n) is 4.54. The van der Waals surface area contributed by atoms with Crippen LogP contribution in [-0.2, 0) is 4.79 Å². The number of amides is 1. The van der Waals surface area contributed by atoms with Crippen LogP contribution in [0.15, 0.2) is 61.4 Å². The van der Waals surface area contributed by atoms with Gasteiger partial charge >= 0.3 is 0 Å². The Kier molecular flexibility index (Phi) is 6.79. The molecule has 1 aromatic carbocycles. The molecule has 0 bridgehead atoms. The minimum absolute atomic E-state index is 0.0548. The number of nitrogens with zero attached hydrogens (tertiary/aromatic N) is 5. The minimum Gasteiger partial charge on any atom is -0.506 e. The van der Waals surface area contributed by atoms with E-state index in [4.69, 9.17) is 0 Å². The third-order valence-electron chi connectivity index (χ3n) is 6.29. The Morgan fingerprint density at radius 2 is 1.89 bits per heavy atom. The van der Waals surface area contributed by atoms with E-state index in [0.29, 0.717) is 27.8 Å². The molecule has 11 nitrogen and oxygen atoms in total. The average Bonchev–Trinajstić information content (AvgIpc) is 3.46. The van der Waals surface area contributed by atoms with E-state index in [1.807, 2.05) is 0 Å². The Hall–Kier alpha value is -4.71. The first-order valence-corrected chi connectivity index (χ1v) is 11.8. The van der Waals surface area contributed by atoms with E-state index >= 15 is 0 Å². The number of aromatic nitrogens is 4. The number of carbonyl (C=O) groups is 3. The molecule has 0 spiro atoms. The molecule has 1 aliphatic heterocycles. The number of nitrogens with one attached hydrogen (secondary N) is 2. The van der Waals surface area contributed by atoms with Crippen LogP contribution in [0.3, 0.4) is 0 Å². The van der Waals surface area contributed by atoms with Gasteiger partial charge in [0, 0.05) is 35.8 Å². The number of Topliss-reactive ketones (excluding diaryl/α,β-unsaturated/α-hetero) is 1. The predicted molar refractivity (Wildman–Crippen MR) is 137 cm³/mol. The highest BCUT2D eigenvalue weighted by Gasteiger charge is 2.38. The number of halogens is 1. The summed E-state index contributed by atoms with van der Waals surface area (Å²) in [7, 11) is 0. The number of hydrogen-bond acceptors (Lipinski definition) is 9. The lowest BCUT2D eigenvalue weighted by atomic mass is 10.1. The summed E-state index contributed by atoms with van der Waals surface area (Å²) in [6.07, 6.45) is 5.94. The summed E-state index contributed by atoms with van der Waals surface area (Å²) in [4.78, 5) is 52.0. The van der Waals surface area contributed by atoms with E-state index in [0.717, 1.165) is 0 Å². The van der Waals surface area contributed by atoms with Crippen LogP contribution in [0.1, 0.15) is 28.5 Å². The van der Waals surface area contributed by atoms with Gasteiger partial charge in [0.15, 0.2) is 5.78 Å². The van der Waals surface area contributed by atoms with Gasteiger partial charge in [-0.15, -0.1) is 0 Å². The molecule has 194 valence electrons. The molecule has 3 N–H and O–H groups in total. The number of ketones is 1. The summed E-state index contributed by atoms with van der Waals surface area (Å²) in [5.41, 5.74) is 2.21. The monoisotopic (exact) mass is 517 g/mol. The Balaban J connectivity index is 1.37. The SMILES string of the molecule is CC(=O)c1cn(C(=O)CN2C[C@H](F)C[C@H]2C(=O)Nc2ccc(O)cn2)c2ccc(Nc3cncnc3)cc12. The number of alkyl halides is 1. The lowest BCUT2D eigenvalue weighted by Gasteiger charge is -2.22. The summed E-state index contributed by atoms with van der Waals surface area (Å²) in [6, 6.07) is 7.15. The number of carbonyl (C=O) groups excluding carboxylic acids is 3. The third kappa shape index (κ3) is 5.20. The zero-order valence-electron chi connectivity index (χ0n) is 20.3. The maximum atomic E-state index is 14.4. The number of anilines is 3. The largest absolute Gasteiger partial charge is 0.506 e. The van der Waals surface area contributed by atoms with Gasteiger partial charge in [0.05, 0.1) is 42.4 Å². The summed E-state index contributed by atoms with van der Waals surface area (Å²) in [6.45, 7) is 1.10. The van der Waals surface area contributed by atoms with Crippen molar-refractivity contribution in [2.75, 3.05) is 23.7 Å². The number of hydrogen-bond donors (Lipinski definition) is 3. The molecule has 2 atom stereocenters. The lowest BCUT2D eigenvalue weighted by Crippen LogP contribution is -2.43. The smallest absolute Gasteiger partial charge is 0.245 e. The highest BCUT2D eigenvalue weighted by molar-refractivity contribution is 6.10. The first-order chi connectivity index (χ1) is 18.3. The molecule has 1 aliphatic rings. The van der Waals surface area contributed by atoms with Crippen LogP contribution >= 0.6 is 0 Å². The molecule has 1 amide bonds. The van der Waals surface area contributed by atoms with Gasteiger partial charge in [-0.3, -0.25) is 23.9 Å². The number of fused-ring (bicyclic) bond motifs is 1. The van der Waals surface area contributed by atoms with Crippen molar-refractivity contribution in [3.8, 4) is 5.75 Å². The number of aromatic hydroxyl groups is 1. The third-order valence-corrected chi connectivity index (χ3v) is 6.29. The van der Waals surface area contributed by atoms with E-state index in [9.17, 15) is 23.9 Å². The van der Waals surface area contributed by atoms with Crippen molar-refractivity contribution < 1.29 is 23.9 Å². The number of rotatable bonds is 7. The number of pyridine rings is 1. The molecule has 0 radical (unpaired) electrons. The maximum absolute atomic E-state index is 14.4. The van der Waals surface area contributed by atoms with Gasteiger partial charge < -0.3 is 15.7 Å². The fraction of sp³-hybridized carbons (Fsp3) is 0.231. The molecule has 38 heavy (non-hydrogen) atoms. The summed E-state index contributed by atoms with van der Waals surface area (Å²) >= 11 is 0. The van der Waals surface area contributed by atoms with Crippen molar-refractivity contribution in [2.24, 2.45) is 0 Å². The Morgan fingerprint density at radius 1 is 1.11 bits per heavy atom. The van der Waals surface area contributed by atoms with Crippen molar-refractivity contribution >= 4 is 45.7 Å². The molecule has 0 aliphatic carbocycles. The molecule has 1 saturated heterocycles. The van der Waals surface area contributed by atoms with Crippen molar-refractivity contribution in [1.29, 1.82) is 0 Å². The van der Waals surface area contributed by atoms with Crippen LogP contribution in [0.25, 0.3) is 10.9 Å². The van der Waals surface area contributed by atoms with E-state index in [2.05, 4.69) is 25.6 Å². The van der Waals surface area contributed by atoms with Crippen LogP contribution in [-0.4, -0.2) is 72.4 Å². The quantitative estimate of drug-likeness (QED) is 0.315. The van der Waals surface area contributed by atoms with Crippen LogP contribution < -0.4 is 10.6 Å². The fourth-order valence-corrected chi connectivity index (χ4v) is 4.54. The van der Waals surface area contributed by atoms with Gasteiger partial charge in [-0.1, -0.05) is 0 Å². The van der Waals surface area contributed by atoms with Crippen molar-refractivity contribution in [1.82, 2.24) is 24.4 Å². The summed E-state index contributed by atoms with van der Waals surface area (Å²) < 4.78 is 15.7. The second kappa shape index (κ2) is 10.3. The van der Waals surface area contributed by atoms with Crippen molar-refractivity contribution in [3.05, 3.63) is 67.0 Å². The molecular formula is C26H24FN7O4. The second-order valence-electron chi connectivity index (χ2n) is 9.02. The van der Waals surface area contributed by atoms with Crippen LogP contribution in [0.2, 0.25) is 0 Å².